The van der Waals surface area contributed by atoms with E-state index < -0.39 is 29.4 Å². The second-order valence-corrected chi connectivity index (χ2v) is 18.1. The molecule has 0 bridgehead atoms. The van der Waals surface area contributed by atoms with Crippen LogP contribution < -0.4 is 25.4 Å². The van der Waals surface area contributed by atoms with Crippen molar-refractivity contribution in [2.24, 2.45) is 5.41 Å². The number of methoxy groups -OCH3 is 1. The number of fused-ring (bicyclic) bond motifs is 1. The smallest absolute Gasteiger partial charge is 0.243 e. The fourth-order valence-corrected chi connectivity index (χ4v) is 8.44. The van der Waals surface area contributed by atoms with Crippen LogP contribution in [-0.2, 0) is 25.6 Å². The lowest BCUT2D eigenvalue weighted by Gasteiger charge is -2.35. The highest BCUT2D eigenvalue weighted by molar-refractivity contribution is 7.13. The van der Waals surface area contributed by atoms with Crippen LogP contribution in [0.2, 0.25) is 5.02 Å². The highest BCUT2D eigenvalue weighted by atomic mass is 35.5. The van der Waals surface area contributed by atoms with Crippen molar-refractivity contribution in [3.05, 3.63) is 88.5 Å². The van der Waals surface area contributed by atoms with Crippen LogP contribution in [0.3, 0.4) is 0 Å². The normalized spacial score (nSPS) is 15.7. The number of unbranched alkanes of at least 4 members (excludes halogenated alkanes) is 2. The summed E-state index contributed by atoms with van der Waals surface area (Å²) in [5.74, 6) is 0.659. The number of thiazole rings is 1. The van der Waals surface area contributed by atoms with Crippen molar-refractivity contribution in [1.82, 2.24) is 30.5 Å². The minimum Gasteiger partial charge on any atom is -0.493 e. The van der Waals surface area contributed by atoms with E-state index >= 15 is 0 Å². The first kappa shape index (κ1) is 48.5. The standard InChI is InChI=1S/C47H59ClFN7O7S/c1-30-42(64-29-54-30)32-12-10-31(11-13-32)26-51-45(58)39-23-34(57)27-56(39)46(59)43(47(2,3)4)50-16-9-18-62-21-20-61-17-7-6-8-19-63-41-24-35-38(25-40(41)60-5)52-28-53-44(35)55-33-14-15-37(49)36(48)22-33/h10-15,22,24-25,28-29,34,39,43,50,57H,6-9,16-21,23,26-27H2,1-5H3,(H,51,58)(H,52,53,55)/t34-,39+,43-/m1/s1. The van der Waals surface area contributed by atoms with Crippen LogP contribution >= 0.6 is 22.9 Å². The zero-order valence-corrected chi connectivity index (χ0v) is 38.7. The molecule has 5 aromatic rings. The molecule has 0 aliphatic carbocycles. The van der Waals surface area contributed by atoms with Gasteiger partial charge in [-0.3, -0.25) is 9.59 Å². The predicted octanol–water partition coefficient (Wildman–Crippen LogP) is 7.86. The number of hydrogen-bond acceptors (Lipinski definition) is 13. The second kappa shape index (κ2) is 23.3. The molecule has 14 nitrogen and oxygen atoms in total. The Bertz CT molecular complexity index is 2310. The third kappa shape index (κ3) is 13.3. The summed E-state index contributed by atoms with van der Waals surface area (Å²) in [5, 5.41) is 20.8. The number of aliphatic hydroxyl groups is 1. The molecular formula is C47H59ClFN7O7S. The Morgan fingerprint density at radius 1 is 0.953 bits per heavy atom. The van der Waals surface area contributed by atoms with E-state index in [2.05, 4.69) is 30.9 Å². The maximum Gasteiger partial charge on any atom is 0.243 e. The van der Waals surface area contributed by atoms with Gasteiger partial charge in [0.2, 0.25) is 11.8 Å². The van der Waals surface area contributed by atoms with Crippen molar-refractivity contribution in [2.45, 2.75) is 84.5 Å². The number of benzene rings is 3. The van der Waals surface area contributed by atoms with Gasteiger partial charge in [0.25, 0.3) is 0 Å². The van der Waals surface area contributed by atoms with Gasteiger partial charge in [-0.1, -0.05) is 56.6 Å². The van der Waals surface area contributed by atoms with Crippen LogP contribution in [-0.4, -0.2) is 108 Å². The molecule has 1 saturated heterocycles. The number of ether oxygens (including phenoxy) is 4. The number of halogens is 2. The van der Waals surface area contributed by atoms with Crippen LogP contribution in [0.25, 0.3) is 21.3 Å². The lowest BCUT2D eigenvalue weighted by Crippen LogP contribution is -2.56. The number of carbonyl (C=O) groups is 2. The molecule has 17 heteroatoms. The number of anilines is 2. The van der Waals surface area contributed by atoms with Crippen molar-refractivity contribution in [3.8, 4) is 21.9 Å². The van der Waals surface area contributed by atoms with Crippen molar-refractivity contribution >= 4 is 57.2 Å². The minimum absolute atomic E-state index is 0.00705. The molecule has 64 heavy (non-hydrogen) atoms. The number of aromatic nitrogens is 3. The Kier molecular flexibility index (Phi) is 17.6. The fraction of sp³-hybridized carbons (Fsp3) is 0.468. The summed E-state index contributed by atoms with van der Waals surface area (Å²) < 4.78 is 36.9. The first-order chi connectivity index (χ1) is 30.8. The second-order valence-electron chi connectivity index (χ2n) is 16.8. The van der Waals surface area contributed by atoms with E-state index in [-0.39, 0.29) is 29.8 Å². The Morgan fingerprint density at radius 3 is 2.41 bits per heavy atom. The number of amides is 2. The molecule has 0 spiro atoms. The molecule has 0 radical (unpaired) electrons. The maximum atomic E-state index is 14.0. The number of hydrogen-bond donors (Lipinski definition) is 4. The molecule has 3 heterocycles. The summed E-state index contributed by atoms with van der Waals surface area (Å²) >= 11 is 7.56. The third-order valence-electron chi connectivity index (χ3n) is 10.9. The quantitative estimate of drug-likeness (QED) is 0.0469. The molecule has 6 rings (SSSR count). The number of nitrogens with one attached hydrogen (secondary N) is 3. The van der Waals surface area contributed by atoms with Gasteiger partial charge < -0.3 is 44.9 Å². The fourth-order valence-electron chi connectivity index (χ4n) is 7.45. The van der Waals surface area contributed by atoms with Crippen molar-refractivity contribution in [2.75, 3.05) is 58.6 Å². The highest BCUT2D eigenvalue weighted by Crippen LogP contribution is 2.35. The Morgan fingerprint density at radius 2 is 1.70 bits per heavy atom. The summed E-state index contributed by atoms with van der Waals surface area (Å²) in [6, 6.07) is 14.7. The molecule has 1 fully saturated rings. The summed E-state index contributed by atoms with van der Waals surface area (Å²) in [4.78, 5) is 43.1. The monoisotopic (exact) mass is 919 g/mol. The van der Waals surface area contributed by atoms with E-state index in [1.165, 1.54) is 23.4 Å². The molecule has 3 atom stereocenters. The molecule has 2 aromatic heterocycles. The topological polar surface area (TPSA) is 169 Å². The predicted molar refractivity (Wildman–Crippen MR) is 248 cm³/mol. The van der Waals surface area contributed by atoms with Crippen molar-refractivity contribution < 1.29 is 38.0 Å². The van der Waals surface area contributed by atoms with Crippen molar-refractivity contribution in [1.29, 1.82) is 0 Å². The van der Waals surface area contributed by atoms with Crippen molar-refractivity contribution in [3.63, 3.8) is 0 Å². The first-order valence-electron chi connectivity index (χ1n) is 21.6. The number of carbonyl (C=O) groups excluding carboxylic acids is 2. The van der Waals surface area contributed by atoms with Gasteiger partial charge in [0, 0.05) is 49.9 Å². The van der Waals surface area contributed by atoms with Gasteiger partial charge in [0.15, 0.2) is 11.5 Å². The summed E-state index contributed by atoms with van der Waals surface area (Å²) in [5.41, 5.74) is 5.64. The van der Waals surface area contributed by atoms with Gasteiger partial charge in [0.05, 0.1) is 65.7 Å². The molecule has 1 aliphatic heterocycles. The summed E-state index contributed by atoms with van der Waals surface area (Å²) in [6.45, 7) is 11.4. The Balaban J connectivity index is 0.846. The van der Waals surface area contributed by atoms with Crippen LogP contribution in [0.1, 0.15) is 64.1 Å². The summed E-state index contributed by atoms with van der Waals surface area (Å²) in [6.07, 6.45) is 4.13. The number of nitrogens with zero attached hydrogens (tertiary/aromatic N) is 4. The van der Waals surface area contributed by atoms with E-state index in [0.29, 0.717) is 86.5 Å². The number of aliphatic hydroxyl groups excluding tert-OH is 1. The van der Waals surface area contributed by atoms with Gasteiger partial charge in [-0.05, 0) is 80.0 Å². The third-order valence-corrected chi connectivity index (χ3v) is 12.2. The van der Waals surface area contributed by atoms with E-state index in [1.54, 1.807) is 30.6 Å². The van der Waals surface area contributed by atoms with Crippen LogP contribution in [0.5, 0.6) is 11.5 Å². The SMILES string of the molecule is COc1cc2ncnc(Nc3ccc(F)c(Cl)c3)c2cc1OCCCCCOCCOCCCN[C@H](C(=O)N1C[C@H](O)C[C@H]1C(=O)NCc1ccc(-c2scnc2C)cc1)C(C)(C)C. The maximum absolute atomic E-state index is 14.0. The van der Waals surface area contributed by atoms with Crippen LogP contribution in [0.15, 0.2) is 66.4 Å². The average Bonchev–Trinajstić information content (AvgIpc) is 3.89. The largest absolute Gasteiger partial charge is 0.493 e. The molecule has 0 unspecified atom stereocenters. The van der Waals surface area contributed by atoms with Gasteiger partial charge >= 0.3 is 0 Å². The Hall–Kier alpha value is -4.97. The number of aryl methyl sites for hydroxylation is 1. The highest BCUT2D eigenvalue weighted by Gasteiger charge is 2.43. The lowest BCUT2D eigenvalue weighted by atomic mass is 9.85. The van der Waals surface area contributed by atoms with E-state index in [1.807, 2.05) is 63.5 Å². The molecule has 344 valence electrons. The van der Waals surface area contributed by atoms with E-state index in [0.717, 1.165) is 41.0 Å². The zero-order valence-electron chi connectivity index (χ0n) is 37.1. The first-order valence-corrected chi connectivity index (χ1v) is 22.9. The molecule has 1 aliphatic rings. The number of likely N-dealkylation sites (tertiary alicyclic amines) is 1. The lowest BCUT2D eigenvalue weighted by molar-refractivity contribution is -0.142. The van der Waals surface area contributed by atoms with Gasteiger partial charge in [-0.25, -0.2) is 19.3 Å². The Labute approximate surface area is 383 Å². The molecule has 2 amide bonds. The molecule has 3 aromatic carbocycles. The van der Waals surface area contributed by atoms with Gasteiger partial charge in [0.1, 0.15) is 24.0 Å². The molecular weight excluding hydrogens is 861 g/mol. The summed E-state index contributed by atoms with van der Waals surface area (Å²) in [7, 11) is 1.58. The van der Waals surface area contributed by atoms with E-state index in [4.69, 9.17) is 30.5 Å². The van der Waals surface area contributed by atoms with Crippen LogP contribution in [0.4, 0.5) is 15.9 Å². The minimum atomic E-state index is -0.773. The average molecular weight is 921 g/mol. The molecule has 4 N–H and O–H groups in total. The number of β-amino-alcohol motifs (C(OH)–C–C–N with tert-alkyl or cyclic N) is 1. The van der Waals surface area contributed by atoms with E-state index in [9.17, 15) is 19.1 Å². The van der Waals surface area contributed by atoms with Gasteiger partial charge in [-0.2, -0.15) is 0 Å². The zero-order chi connectivity index (χ0) is 45.6. The van der Waals surface area contributed by atoms with Crippen LogP contribution in [0, 0.1) is 18.2 Å². The number of rotatable bonds is 23. The molecule has 0 saturated carbocycles. The van der Waals surface area contributed by atoms with Gasteiger partial charge in [-0.15, -0.1) is 11.3 Å².